The summed E-state index contributed by atoms with van der Waals surface area (Å²) in [6.07, 6.45) is 3.54. The maximum atomic E-state index is 4.35. The van der Waals surface area contributed by atoms with Gasteiger partial charge in [-0.3, -0.25) is 19.9 Å². The topological polar surface area (TPSA) is 103 Å². The molecule has 0 aliphatic rings. The third-order valence-electron chi connectivity index (χ3n) is 6.85. The number of fused-ring (bicyclic) bond motifs is 4. The summed E-state index contributed by atoms with van der Waals surface area (Å²) in [6.45, 7) is 11.9. The summed E-state index contributed by atoms with van der Waals surface area (Å²) in [5.41, 5.74) is 11.7. The van der Waals surface area contributed by atoms with Crippen LogP contribution in [0.2, 0.25) is 0 Å². The van der Waals surface area contributed by atoms with E-state index in [4.69, 9.17) is 0 Å². The van der Waals surface area contributed by atoms with Crippen LogP contribution in [0.3, 0.4) is 0 Å². The molecule has 0 atom stereocenters. The van der Waals surface area contributed by atoms with E-state index in [1.807, 2.05) is 139 Å². The molecule has 0 N–H and O–H groups in total. The van der Waals surface area contributed by atoms with Crippen molar-refractivity contribution in [2.45, 2.75) is 41.5 Å². The number of hydrogen-bond donors (Lipinski definition) is 0. The zero-order chi connectivity index (χ0) is 32.5. The molecule has 244 valence electrons. The van der Waals surface area contributed by atoms with E-state index in [1.54, 1.807) is 12.4 Å². The van der Waals surface area contributed by atoms with Gasteiger partial charge in [0.25, 0.3) is 0 Å². The number of aryl methyl sites for hydroxylation is 6. The van der Waals surface area contributed by atoms with Crippen molar-refractivity contribution < 1.29 is 37.7 Å². The van der Waals surface area contributed by atoms with E-state index in [-0.39, 0.29) is 52.6 Å². The van der Waals surface area contributed by atoms with Gasteiger partial charge in [0, 0.05) is 57.3 Å². The van der Waals surface area contributed by atoms with E-state index in [1.165, 1.54) is 0 Å². The maximum absolute atomic E-state index is 4.35. The molecule has 0 bridgehead atoms. The first kappa shape index (κ1) is 43.5. The minimum Gasteiger partial charge on any atom is -0.358 e. The Bertz CT molecular complexity index is 2110. The molecule has 8 aromatic rings. The first-order chi connectivity index (χ1) is 22.2. The van der Waals surface area contributed by atoms with E-state index in [2.05, 4.69) is 39.9 Å². The van der Waals surface area contributed by atoms with Crippen LogP contribution >= 0.6 is 0 Å². The van der Waals surface area contributed by atoms with Crippen molar-refractivity contribution in [3.8, 4) is 0 Å². The first-order valence-corrected chi connectivity index (χ1v) is 15.0. The minimum absolute atomic E-state index is 0. The second-order valence-electron chi connectivity index (χ2n) is 10.9. The molecule has 8 aromatic heterocycles. The fourth-order valence-corrected chi connectivity index (χ4v) is 4.51. The second kappa shape index (κ2) is 20.8. The summed E-state index contributed by atoms with van der Waals surface area (Å²) in [5, 5.41) is 2.20. The van der Waals surface area contributed by atoms with Crippen molar-refractivity contribution in [3.05, 3.63) is 158 Å². The molecule has 8 heterocycles. The minimum atomic E-state index is 0. The molecule has 0 aliphatic heterocycles. The van der Waals surface area contributed by atoms with E-state index in [0.29, 0.717) is 0 Å². The molecule has 0 fully saturated rings. The standard InChI is InChI=1S/2C10H10N2.2C9H8N2.2CH3.2Li/c1-7-3-5-10-9(11-7)6-4-8(2)12-10;1-7-3-5-9-6-4-8(2)12-10(9)11-7;1-7-4-5-8-9(11-7)3-2-6-10-8;1-7-4-5-8-3-2-6-10-9(8)11-7;;;;/h2*3-6H,1-2H3;2*2-6H,1H3;2*1H3;;/q;;;;2*-1;2*+1. The molecular weight excluding hydrogens is 606 g/mol. The van der Waals surface area contributed by atoms with Crippen LogP contribution in [0.4, 0.5) is 0 Å². The van der Waals surface area contributed by atoms with E-state index >= 15 is 0 Å². The summed E-state index contributed by atoms with van der Waals surface area (Å²) in [4.78, 5) is 34.2. The van der Waals surface area contributed by atoms with Gasteiger partial charge in [0.2, 0.25) is 0 Å². The van der Waals surface area contributed by atoms with E-state index < -0.39 is 0 Å². The van der Waals surface area contributed by atoms with Crippen LogP contribution in [0.25, 0.3) is 44.1 Å². The number of nitrogens with zero attached hydrogens (tertiary/aromatic N) is 8. The predicted octanol–water partition coefficient (Wildman–Crippen LogP) is 3.28. The fourth-order valence-electron chi connectivity index (χ4n) is 4.51. The molecule has 0 radical (unpaired) electrons. The van der Waals surface area contributed by atoms with E-state index in [0.717, 1.165) is 78.3 Å². The largest absolute Gasteiger partial charge is 1.00 e. The normalized spacial score (nSPS) is 9.56. The summed E-state index contributed by atoms with van der Waals surface area (Å²) in [5.74, 6) is 0. The van der Waals surface area contributed by atoms with Crippen molar-refractivity contribution in [2.24, 2.45) is 0 Å². The molecule has 0 unspecified atom stereocenters. The molecular formula is C40H42Li2N8. The van der Waals surface area contributed by atoms with Gasteiger partial charge in [-0.25, -0.2) is 19.9 Å². The van der Waals surface area contributed by atoms with Crippen LogP contribution in [0.5, 0.6) is 0 Å². The van der Waals surface area contributed by atoms with Gasteiger partial charge in [0.1, 0.15) is 0 Å². The molecule has 8 rings (SSSR count). The van der Waals surface area contributed by atoms with Gasteiger partial charge in [-0.05, 0) is 139 Å². The Balaban J connectivity index is 0.000000325. The van der Waals surface area contributed by atoms with Gasteiger partial charge in [-0.1, -0.05) is 0 Å². The summed E-state index contributed by atoms with van der Waals surface area (Å²) in [6, 6.07) is 31.8. The monoisotopic (exact) mass is 648 g/mol. The average molecular weight is 649 g/mol. The Hall–Kier alpha value is -4.57. The van der Waals surface area contributed by atoms with Gasteiger partial charge < -0.3 is 14.9 Å². The number of rotatable bonds is 0. The summed E-state index contributed by atoms with van der Waals surface area (Å²) < 4.78 is 0. The van der Waals surface area contributed by atoms with Gasteiger partial charge in [-0.15, -0.1) is 0 Å². The average Bonchev–Trinajstić information content (AvgIpc) is 3.05. The summed E-state index contributed by atoms with van der Waals surface area (Å²) >= 11 is 0. The molecule has 0 saturated carbocycles. The molecule has 0 saturated heterocycles. The Kier molecular flexibility index (Phi) is 18.1. The SMILES string of the molecule is Cc1ccc2ccc(C)nc2n1.Cc1ccc2cccnc2n1.Cc1ccc2nc(C)ccc2n1.Cc1ccc2ncccc2n1.[CH3-].[CH3-].[Li+].[Li+]. The second-order valence-corrected chi connectivity index (χ2v) is 10.9. The zero-order valence-corrected chi connectivity index (χ0v) is 31.0. The van der Waals surface area contributed by atoms with Crippen molar-refractivity contribution in [2.75, 3.05) is 0 Å². The van der Waals surface area contributed by atoms with Crippen LogP contribution in [0, 0.1) is 56.4 Å². The van der Waals surface area contributed by atoms with Crippen LogP contribution < -0.4 is 37.7 Å². The Labute approximate surface area is 320 Å². The molecule has 8 nitrogen and oxygen atoms in total. The van der Waals surface area contributed by atoms with Gasteiger partial charge >= 0.3 is 37.7 Å². The number of pyridine rings is 8. The quantitative estimate of drug-likeness (QED) is 0.183. The maximum Gasteiger partial charge on any atom is 1.00 e. The van der Waals surface area contributed by atoms with Gasteiger partial charge in [0.05, 0.1) is 22.1 Å². The Morgan fingerprint density at radius 3 is 1.16 bits per heavy atom. The predicted molar refractivity (Wildman–Crippen MR) is 199 cm³/mol. The van der Waals surface area contributed by atoms with Crippen molar-refractivity contribution in [1.29, 1.82) is 0 Å². The first-order valence-electron chi connectivity index (χ1n) is 15.0. The third-order valence-corrected chi connectivity index (χ3v) is 6.85. The van der Waals surface area contributed by atoms with Gasteiger partial charge in [0.15, 0.2) is 11.3 Å². The van der Waals surface area contributed by atoms with Crippen LogP contribution in [0.15, 0.2) is 109 Å². The van der Waals surface area contributed by atoms with Crippen LogP contribution in [-0.2, 0) is 0 Å². The molecule has 0 aromatic carbocycles. The molecule has 10 heteroatoms. The van der Waals surface area contributed by atoms with Gasteiger partial charge in [-0.2, -0.15) is 0 Å². The molecule has 50 heavy (non-hydrogen) atoms. The number of aromatic nitrogens is 8. The molecule has 0 amide bonds. The van der Waals surface area contributed by atoms with Crippen molar-refractivity contribution in [1.82, 2.24) is 39.9 Å². The Morgan fingerprint density at radius 2 is 0.660 bits per heavy atom. The van der Waals surface area contributed by atoms with Crippen molar-refractivity contribution in [3.63, 3.8) is 0 Å². The zero-order valence-electron chi connectivity index (χ0n) is 31.0. The third kappa shape index (κ3) is 12.4. The molecule has 0 aliphatic carbocycles. The fraction of sp³-hybridized carbons (Fsp3) is 0.150. The molecule has 0 spiro atoms. The van der Waals surface area contributed by atoms with E-state index in [9.17, 15) is 0 Å². The number of hydrogen-bond acceptors (Lipinski definition) is 8. The van der Waals surface area contributed by atoms with Crippen LogP contribution in [0.1, 0.15) is 34.2 Å². The summed E-state index contributed by atoms with van der Waals surface area (Å²) in [7, 11) is 0. The van der Waals surface area contributed by atoms with Crippen molar-refractivity contribution >= 4 is 44.1 Å². The smallest absolute Gasteiger partial charge is 0.358 e. The Morgan fingerprint density at radius 1 is 0.320 bits per heavy atom. The van der Waals surface area contributed by atoms with Crippen LogP contribution in [-0.4, -0.2) is 39.9 Å².